The average Bonchev–Trinajstić information content (AvgIpc) is 2.23. The molecule has 1 amide bonds. The van der Waals surface area contributed by atoms with Crippen molar-refractivity contribution in [3.8, 4) is 0 Å². The maximum Gasteiger partial charge on any atom is 0.233 e. The molecule has 0 unspecified atom stereocenters. The van der Waals surface area contributed by atoms with Crippen LogP contribution in [0.15, 0.2) is 30.3 Å². The Hall–Kier alpha value is -0.960. The Morgan fingerprint density at radius 1 is 1.36 bits per heavy atom. The molecule has 2 nitrogen and oxygen atoms in total. The summed E-state index contributed by atoms with van der Waals surface area (Å²) in [5.74, 6) is 1.22. The van der Waals surface area contributed by atoms with E-state index in [1.165, 1.54) is 5.56 Å². The molecular formula is C11H13NOS. The van der Waals surface area contributed by atoms with Gasteiger partial charge in [0.25, 0.3) is 0 Å². The van der Waals surface area contributed by atoms with Crippen molar-refractivity contribution >= 4 is 17.7 Å². The van der Waals surface area contributed by atoms with Crippen LogP contribution >= 0.6 is 11.8 Å². The van der Waals surface area contributed by atoms with E-state index in [1.54, 1.807) is 11.8 Å². The highest BCUT2D eigenvalue weighted by molar-refractivity contribution is 8.00. The van der Waals surface area contributed by atoms with E-state index >= 15 is 0 Å². The van der Waals surface area contributed by atoms with Gasteiger partial charge in [0.05, 0.1) is 5.25 Å². The number of nitrogens with one attached hydrogen (secondary N) is 1. The van der Waals surface area contributed by atoms with Crippen molar-refractivity contribution in [3.63, 3.8) is 0 Å². The van der Waals surface area contributed by atoms with Crippen molar-refractivity contribution in [1.82, 2.24) is 5.32 Å². The summed E-state index contributed by atoms with van der Waals surface area (Å²) in [4.78, 5) is 11.5. The lowest BCUT2D eigenvalue weighted by Crippen LogP contribution is -2.40. The van der Waals surface area contributed by atoms with E-state index in [4.69, 9.17) is 0 Å². The van der Waals surface area contributed by atoms with Gasteiger partial charge < -0.3 is 5.32 Å². The fourth-order valence-electron chi connectivity index (χ4n) is 1.54. The lowest BCUT2D eigenvalue weighted by Gasteiger charge is -2.21. The van der Waals surface area contributed by atoms with Gasteiger partial charge in [0, 0.05) is 12.3 Å². The van der Waals surface area contributed by atoms with Crippen LogP contribution < -0.4 is 5.32 Å². The monoisotopic (exact) mass is 207 g/mol. The summed E-state index contributed by atoms with van der Waals surface area (Å²) in [5, 5.41) is 3.00. The number of hydrogen-bond donors (Lipinski definition) is 1. The fraction of sp³-hybridized carbons (Fsp3) is 0.364. The summed E-state index contributed by atoms with van der Waals surface area (Å²) in [5.41, 5.74) is 1.24. The fourth-order valence-corrected chi connectivity index (χ4v) is 2.59. The van der Waals surface area contributed by atoms with Crippen molar-refractivity contribution in [3.05, 3.63) is 35.9 Å². The van der Waals surface area contributed by atoms with Gasteiger partial charge in [-0.2, -0.15) is 0 Å². The van der Waals surface area contributed by atoms with Crippen LogP contribution in [-0.4, -0.2) is 23.5 Å². The third-order valence-corrected chi connectivity index (χ3v) is 3.50. The molecular weight excluding hydrogens is 194 g/mol. The molecule has 0 radical (unpaired) electrons. The van der Waals surface area contributed by atoms with Crippen LogP contribution in [0.2, 0.25) is 0 Å². The lowest BCUT2D eigenvalue weighted by atomic mass is 10.1. The summed E-state index contributed by atoms with van der Waals surface area (Å²) in [6, 6.07) is 10.2. The number of rotatable bonds is 2. The first-order valence-electron chi connectivity index (χ1n) is 4.79. The van der Waals surface area contributed by atoms with Gasteiger partial charge in [0.15, 0.2) is 0 Å². The molecule has 74 valence electrons. The van der Waals surface area contributed by atoms with Crippen molar-refractivity contribution in [2.24, 2.45) is 0 Å². The van der Waals surface area contributed by atoms with E-state index < -0.39 is 0 Å². The van der Waals surface area contributed by atoms with E-state index in [9.17, 15) is 4.79 Å². The number of hydrogen-bond acceptors (Lipinski definition) is 2. The molecule has 14 heavy (non-hydrogen) atoms. The molecule has 0 spiro atoms. The molecule has 1 heterocycles. The highest BCUT2D eigenvalue weighted by Gasteiger charge is 2.22. The Kier molecular flexibility index (Phi) is 3.09. The zero-order chi connectivity index (χ0) is 9.80. The molecule has 1 aliphatic heterocycles. The van der Waals surface area contributed by atoms with Crippen LogP contribution in [-0.2, 0) is 11.2 Å². The minimum Gasteiger partial charge on any atom is -0.354 e. The standard InChI is InChI=1S/C11H13NOS/c13-11-10(14-7-6-12-11)8-9-4-2-1-3-5-9/h1-5,10H,6-8H2,(H,12,13)/t10-/m1/s1. The van der Waals surface area contributed by atoms with Gasteiger partial charge in [-0.3, -0.25) is 4.79 Å². The van der Waals surface area contributed by atoms with E-state index in [-0.39, 0.29) is 11.2 Å². The second-order valence-corrected chi connectivity index (χ2v) is 4.65. The van der Waals surface area contributed by atoms with Gasteiger partial charge in [0.2, 0.25) is 5.91 Å². The maximum absolute atomic E-state index is 11.5. The highest BCUT2D eigenvalue weighted by Crippen LogP contribution is 2.18. The molecule has 0 aliphatic carbocycles. The van der Waals surface area contributed by atoms with E-state index in [0.717, 1.165) is 18.7 Å². The van der Waals surface area contributed by atoms with Gasteiger partial charge in [-0.25, -0.2) is 0 Å². The van der Waals surface area contributed by atoms with Gasteiger partial charge in [-0.15, -0.1) is 11.8 Å². The van der Waals surface area contributed by atoms with Gasteiger partial charge in [0.1, 0.15) is 0 Å². The van der Waals surface area contributed by atoms with Crippen LogP contribution in [0, 0.1) is 0 Å². The topological polar surface area (TPSA) is 29.1 Å². The van der Waals surface area contributed by atoms with Crippen LogP contribution in [0.25, 0.3) is 0 Å². The van der Waals surface area contributed by atoms with Crippen LogP contribution in [0.4, 0.5) is 0 Å². The SMILES string of the molecule is O=C1NCCS[C@@H]1Cc1ccccc1. The Morgan fingerprint density at radius 3 is 2.86 bits per heavy atom. The zero-order valence-corrected chi connectivity index (χ0v) is 8.72. The maximum atomic E-state index is 11.5. The summed E-state index contributed by atoms with van der Waals surface area (Å²) >= 11 is 1.75. The largest absolute Gasteiger partial charge is 0.354 e. The normalized spacial score (nSPS) is 21.7. The first-order chi connectivity index (χ1) is 6.86. The number of carbonyl (C=O) groups is 1. The molecule has 0 aromatic heterocycles. The molecule has 1 aromatic rings. The van der Waals surface area contributed by atoms with E-state index in [2.05, 4.69) is 17.4 Å². The average molecular weight is 207 g/mol. The minimum atomic E-state index is 0.103. The third kappa shape index (κ3) is 2.29. The molecule has 3 heteroatoms. The van der Waals surface area contributed by atoms with Crippen LogP contribution in [0.3, 0.4) is 0 Å². The van der Waals surface area contributed by atoms with Gasteiger partial charge in [-0.05, 0) is 12.0 Å². The molecule has 2 rings (SSSR count). The molecule has 1 aromatic carbocycles. The summed E-state index contributed by atoms with van der Waals surface area (Å²) in [6.07, 6.45) is 0.845. The summed E-state index contributed by atoms with van der Waals surface area (Å²) in [6.45, 7) is 0.814. The Labute approximate surface area is 88.1 Å². The highest BCUT2D eigenvalue weighted by atomic mass is 32.2. The van der Waals surface area contributed by atoms with E-state index in [1.807, 2.05) is 18.2 Å². The quantitative estimate of drug-likeness (QED) is 0.795. The van der Waals surface area contributed by atoms with Crippen molar-refractivity contribution < 1.29 is 4.79 Å². The lowest BCUT2D eigenvalue weighted by molar-refractivity contribution is -0.120. The smallest absolute Gasteiger partial charge is 0.233 e. The molecule has 1 saturated heterocycles. The minimum absolute atomic E-state index is 0.103. The van der Waals surface area contributed by atoms with Gasteiger partial charge in [-0.1, -0.05) is 30.3 Å². The Morgan fingerprint density at radius 2 is 2.14 bits per heavy atom. The first-order valence-corrected chi connectivity index (χ1v) is 5.84. The number of thioether (sulfide) groups is 1. The number of carbonyl (C=O) groups excluding carboxylic acids is 1. The third-order valence-electron chi connectivity index (χ3n) is 2.28. The van der Waals surface area contributed by atoms with Crippen LogP contribution in [0.1, 0.15) is 5.56 Å². The molecule has 1 aliphatic rings. The van der Waals surface area contributed by atoms with Crippen molar-refractivity contribution in [1.29, 1.82) is 0 Å². The predicted octanol–water partition coefficient (Wildman–Crippen LogP) is 1.46. The Bertz CT molecular complexity index is 312. The van der Waals surface area contributed by atoms with Crippen LogP contribution in [0.5, 0.6) is 0 Å². The van der Waals surface area contributed by atoms with Crippen molar-refractivity contribution in [2.45, 2.75) is 11.7 Å². The molecule has 1 N–H and O–H groups in total. The van der Waals surface area contributed by atoms with Gasteiger partial charge >= 0.3 is 0 Å². The molecule has 0 bridgehead atoms. The molecule has 1 fully saturated rings. The molecule has 0 saturated carbocycles. The second-order valence-electron chi connectivity index (χ2n) is 3.34. The number of amides is 1. The Balaban J connectivity index is 2.00. The second kappa shape index (κ2) is 4.51. The number of benzene rings is 1. The first kappa shape index (κ1) is 9.59. The predicted molar refractivity (Wildman–Crippen MR) is 59.4 cm³/mol. The van der Waals surface area contributed by atoms with Crippen molar-refractivity contribution in [2.75, 3.05) is 12.3 Å². The summed E-state index contributed by atoms with van der Waals surface area (Å²) in [7, 11) is 0. The summed E-state index contributed by atoms with van der Waals surface area (Å²) < 4.78 is 0. The van der Waals surface area contributed by atoms with E-state index in [0.29, 0.717) is 0 Å². The molecule has 1 atom stereocenters. The zero-order valence-electron chi connectivity index (χ0n) is 7.90.